The Labute approximate surface area is 83.2 Å². The largest absolute Gasteiger partial charge is 1.00 e. The molecule has 0 aliphatic carbocycles. The summed E-state index contributed by atoms with van der Waals surface area (Å²) in [5.74, 6) is 0. The molecule has 66 valence electrons. The molecule has 1 nitrogen and oxygen atoms in total. The Morgan fingerprint density at radius 2 is 1.36 bits per heavy atom. The quantitative estimate of drug-likeness (QED) is 0.401. The number of rotatable bonds is 4. The molecule has 0 amide bonds. The Morgan fingerprint density at radius 1 is 1.09 bits per heavy atom. The molecule has 0 aliphatic heterocycles. The summed E-state index contributed by atoms with van der Waals surface area (Å²) in [5.41, 5.74) is 0. The molecule has 0 unspecified atom stereocenters. The van der Waals surface area contributed by atoms with E-state index in [0.717, 1.165) is 17.6 Å². The van der Waals surface area contributed by atoms with E-state index >= 15 is 0 Å². The number of quaternary nitrogens is 1. The van der Waals surface area contributed by atoms with E-state index in [9.17, 15) is 0 Å². The molecule has 0 saturated carbocycles. The molecule has 0 aliphatic rings. The molecule has 3 heteroatoms. The summed E-state index contributed by atoms with van der Waals surface area (Å²) in [7, 11) is 4.31. The number of hydrogen-bond donors (Lipinski definition) is 0. The minimum Gasteiger partial charge on any atom is -1.00 e. The standard InChI is InChI=1S/C8H16N.ClH.S/c1-5-7-9(3,4)8-6-2;;/h5-6H,1-2,7-8H2,3-4H3;1H;/q+1;;/p-1. The van der Waals surface area contributed by atoms with Gasteiger partial charge < -0.3 is 16.9 Å². The van der Waals surface area contributed by atoms with E-state index in [2.05, 4.69) is 27.3 Å². The van der Waals surface area contributed by atoms with Crippen molar-refractivity contribution in [1.29, 1.82) is 0 Å². The van der Waals surface area contributed by atoms with Crippen molar-refractivity contribution in [2.45, 2.75) is 0 Å². The van der Waals surface area contributed by atoms with Crippen molar-refractivity contribution in [3.05, 3.63) is 25.3 Å². The highest BCUT2D eigenvalue weighted by Crippen LogP contribution is 1.95. The van der Waals surface area contributed by atoms with Gasteiger partial charge in [-0.15, -0.1) is 0 Å². The van der Waals surface area contributed by atoms with Crippen molar-refractivity contribution >= 4 is 13.5 Å². The lowest BCUT2D eigenvalue weighted by Gasteiger charge is -2.26. The van der Waals surface area contributed by atoms with Crippen molar-refractivity contribution in [3.8, 4) is 0 Å². The molecule has 0 bridgehead atoms. The first-order chi connectivity index (χ1) is 4.12. The van der Waals surface area contributed by atoms with Crippen LogP contribution in [0, 0.1) is 0 Å². The monoisotopic (exact) mass is 193 g/mol. The molecule has 0 atom stereocenters. The van der Waals surface area contributed by atoms with E-state index in [-0.39, 0.29) is 25.9 Å². The van der Waals surface area contributed by atoms with Crippen LogP contribution in [0.2, 0.25) is 0 Å². The maximum absolute atomic E-state index is 3.68. The summed E-state index contributed by atoms with van der Waals surface area (Å²) in [6.07, 6.45) is 3.87. The van der Waals surface area contributed by atoms with Gasteiger partial charge in [0.2, 0.25) is 0 Å². The van der Waals surface area contributed by atoms with Gasteiger partial charge in [-0.05, 0) is 12.2 Å². The SMILES string of the molecule is C=CC[N+](C)(C)CC=C.[Cl-].[S]. The van der Waals surface area contributed by atoms with Crippen molar-refractivity contribution in [2.75, 3.05) is 27.2 Å². The zero-order valence-corrected chi connectivity index (χ0v) is 8.79. The number of likely N-dealkylation sites (N-methyl/N-ethyl adjacent to an activating group) is 1. The first-order valence-electron chi connectivity index (χ1n) is 3.16. The van der Waals surface area contributed by atoms with Gasteiger partial charge in [0.15, 0.2) is 0 Å². The zero-order valence-electron chi connectivity index (χ0n) is 7.22. The van der Waals surface area contributed by atoms with E-state index < -0.39 is 0 Å². The van der Waals surface area contributed by atoms with Crippen molar-refractivity contribution < 1.29 is 16.9 Å². The first-order valence-corrected chi connectivity index (χ1v) is 3.16. The second-order valence-corrected chi connectivity index (χ2v) is 2.88. The number of halogens is 1. The van der Waals surface area contributed by atoms with Crippen LogP contribution in [-0.2, 0) is 0 Å². The van der Waals surface area contributed by atoms with Crippen LogP contribution in [0.4, 0.5) is 0 Å². The fourth-order valence-corrected chi connectivity index (χ4v) is 0.774. The van der Waals surface area contributed by atoms with Crippen LogP contribution in [0.15, 0.2) is 25.3 Å². The number of nitrogens with zero attached hydrogens (tertiary/aromatic N) is 1. The van der Waals surface area contributed by atoms with Crippen LogP contribution < -0.4 is 12.4 Å². The highest BCUT2D eigenvalue weighted by Gasteiger charge is 2.07. The Bertz CT molecular complexity index is 101. The first kappa shape index (κ1) is 17.2. The molecule has 0 aromatic rings. The van der Waals surface area contributed by atoms with Crippen LogP contribution in [0.25, 0.3) is 0 Å². The van der Waals surface area contributed by atoms with Crippen LogP contribution in [0.1, 0.15) is 0 Å². The highest BCUT2D eigenvalue weighted by molar-refractivity contribution is 7.59. The molecule has 2 radical (unpaired) electrons. The fraction of sp³-hybridized carbons (Fsp3) is 0.500. The lowest BCUT2D eigenvalue weighted by molar-refractivity contribution is -0.878. The predicted octanol–water partition coefficient (Wildman–Crippen LogP) is -0.913. The second-order valence-electron chi connectivity index (χ2n) is 2.88. The van der Waals surface area contributed by atoms with E-state index in [1.807, 2.05) is 12.2 Å². The predicted molar refractivity (Wildman–Crippen MR) is 49.8 cm³/mol. The van der Waals surface area contributed by atoms with Crippen LogP contribution in [0.5, 0.6) is 0 Å². The van der Waals surface area contributed by atoms with Gasteiger partial charge >= 0.3 is 0 Å². The minimum atomic E-state index is 0. The van der Waals surface area contributed by atoms with Gasteiger partial charge in [0.1, 0.15) is 0 Å². The molecule has 0 aromatic heterocycles. The second kappa shape index (κ2) is 8.18. The molecule has 0 fully saturated rings. The molecular weight excluding hydrogens is 178 g/mol. The van der Waals surface area contributed by atoms with Crippen molar-refractivity contribution in [3.63, 3.8) is 0 Å². The highest BCUT2D eigenvalue weighted by atomic mass is 35.5. The van der Waals surface area contributed by atoms with Crippen LogP contribution in [-0.4, -0.2) is 31.7 Å². The normalized spacial score (nSPS) is 8.91. The van der Waals surface area contributed by atoms with Gasteiger partial charge in [0.25, 0.3) is 0 Å². The maximum Gasteiger partial charge on any atom is 0.0969 e. The average molecular weight is 194 g/mol. The van der Waals surface area contributed by atoms with Crippen molar-refractivity contribution in [2.24, 2.45) is 0 Å². The van der Waals surface area contributed by atoms with E-state index in [4.69, 9.17) is 0 Å². The Morgan fingerprint density at radius 3 is 1.55 bits per heavy atom. The fourth-order valence-electron chi connectivity index (χ4n) is 0.774. The summed E-state index contributed by atoms with van der Waals surface area (Å²) in [5, 5.41) is 0. The third kappa shape index (κ3) is 10.1. The van der Waals surface area contributed by atoms with Crippen molar-refractivity contribution in [1.82, 2.24) is 0 Å². The van der Waals surface area contributed by atoms with Gasteiger partial charge in [-0.25, -0.2) is 0 Å². The Hall–Kier alpha value is 0.0800. The lowest BCUT2D eigenvalue weighted by atomic mass is 10.4. The van der Waals surface area contributed by atoms with Crippen LogP contribution >= 0.6 is 13.5 Å². The van der Waals surface area contributed by atoms with Gasteiger partial charge in [-0.3, -0.25) is 0 Å². The maximum atomic E-state index is 3.68. The summed E-state index contributed by atoms with van der Waals surface area (Å²) in [4.78, 5) is 0. The Kier molecular flexibility index (Phi) is 12.8. The lowest BCUT2D eigenvalue weighted by Crippen LogP contribution is -3.00. The van der Waals surface area contributed by atoms with Gasteiger partial charge in [0, 0.05) is 13.5 Å². The van der Waals surface area contributed by atoms with Crippen LogP contribution in [0.3, 0.4) is 0 Å². The molecular formula is C8H16ClNS. The molecule has 0 saturated heterocycles. The summed E-state index contributed by atoms with van der Waals surface area (Å²) in [6.45, 7) is 9.37. The molecule has 0 aromatic carbocycles. The molecule has 0 spiro atoms. The summed E-state index contributed by atoms with van der Waals surface area (Å²) in [6, 6.07) is 0. The van der Waals surface area contributed by atoms with Gasteiger partial charge in [-0.2, -0.15) is 0 Å². The smallest absolute Gasteiger partial charge is 0.0969 e. The Balaban J connectivity index is -0.000000320. The average Bonchev–Trinajstić information content (AvgIpc) is 1.64. The molecule has 0 heterocycles. The molecule has 11 heavy (non-hydrogen) atoms. The minimum absolute atomic E-state index is 0. The number of hydrogen-bond acceptors (Lipinski definition) is 0. The zero-order chi connectivity index (χ0) is 7.33. The molecule has 0 rings (SSSR count). The summed E-state index contributed by atoms with van der Waals surface area (Å²) < 4.78 is 0.951. The van der Waals surface area contributed by atoms with Gasteiger partial charge in [-0.1, -0.05) is 13.2 Å². The molecule has 0 N–H and O–H groups in total. The van der Waals surface area contributed by atoms with E-state index in [1.54, 1.807) is 0 Å². The van der Waals surface area contributed by atoms with Gasteiger partial charge in [0.05, 0.1) is 27.2 Å². The third-order valence-electron chi connectivity index (χ3n) is 1.25. The summed E-state index contributed by atoms with van der Waals surface area (Å²) >= 11 is 0. The third-order valence-corrected chi connectivity index (χ3v) is 1.25. The topological polar surface area (TPSA) is 0 Å². The van der Waals surface area contributed by atoms with E-state index in [0.29, 0.717) is 0 Å². The van der Waals surface area contributed by atoms with E-state index in [1.165, 1.54) is 0 Å².